The molecule has 0 unspecified atom stereocenters. The van der Waals surface area contributed by atoms with Crippen LogP contribution in [0.5, 0.6) is 0 Å². The third kappa shape index (κ3) is 2.74. The molecule has 0 radical (unpaired) electrons. The van der Waals surface area contributed by atoms with Crippen LogP contribution in [-0.4, -0.2) is 5.91 Å². The first-order valence-corrected chi connectivity index (χ1v) is 5.78. The van der Waals surface area contributed by atoms with E-state index in [1.807, 2.05) is 0 Å². The summed E-state index contributed by atoms with van der Waals surface area (Å²) >= 11 is 0. The molecule has 106 valence electrons. The van der Waals surface area contributed by atoms with Crippen molar-refractivity contribution in [1.82, 2.24) is 0 Å². The van der Waals surface area contributed by atoms with Crippen molar-refractivity contribution in [2.75, 3.05) is 11.1 Å². The number of nitriles is 1. The smallest absolute Gasteiger partial charge is 0.250 e. The number of primary amides is 1. The third-order valence-electron chi connectivity index (χ3n) is 2.80. The maximum absolute atomic E-state index is 13.8. The first kappa shape index (κ1) is 14.3. The number of anilines is 3. The lowest BCUT2D eigenvalue weighted by Gasteiger charge is -2.12. The Bertz CT molecular complexity index is 768. The summed E-state index contributed by atoms with van der Waals surface area (Å²) in [7, 11) is 0. The van der Waals surface area contributed by atoms with Crippen LogP contribution < -0.4 is 16.8 Å². The molecule has 0 aromatic heterocycles. The lowest BCUT2D eigenvalue weighted by molar-refractivity contribution is 0.100. The highest BCUT2D eigenvalue weighted by molar-refractivity contribution is 5.99. The lowest BCUT2D eigenvalue weighted by atomic mass is 10.1. The quantitative estimate of drug-likeness (QED) is 0.753. The van der Waals surface area contributed by atoms with Gasteiger partial charge in [0.05, 0.1) is 16.9 Å². The van der Waals surface area contributed by atoms with Gasteiger partial charge in [-0.15, -0.1) is 0 Å². The van der Waals surface area contributed by atoms with E-state index in [1.165, 1.54) is 12.1 Å². The van der Waals surface area contributed by atoms with Gasteiger partial charge in [-0.1, -0.05) is 6.07 Å². The van der Waals surface area contributed by atoms with Crippen molar-refractivity contribution in [3.05, 3.63) is 53.1 Å². The number of benzene rings is 2. The summed E-state index contributed by atoms with van der Waals surface area (Å²) in [5, 5.41) is 11.5. The number of amides is 1. The summed E-state index contributed by atoms with van der Waals surface area (Å²) < 4.78 is 27.3. The topological polar surface area (TPSA) is 105 Å². The fourth-order valence-corrected chi connectivity index (χ4v) is 1.78. The highest BCUT2D eigenvalue weighted by Gasteiger charge is 2.14. The van der Waals surface area contributed by atoms with E-state index in [1.54, 1.807) is 6.07 Å². The zero-order chi connectivity index (χ0) is 15.6. The Labute approximate surface area is 118 Å². The maximum atomic E-state index is 13.8. The number of nitrogen functional groups attached to an aromatic ring is 1. The number of nitrogens with one attached hydrogen (secondary N) is 1. The van der Waals surface area contributed by atoms with E-state index in [0.29, 0.717) is 0 Å². The van der Waals surface area contributed by atoms with Gasteiger partial charge in [0, 0.05) is 5.69 Å². The highest BCUT2D eigenvalue weighted by atomic mass is 19.1. The molecule has 0 saturated heterocycles. The molecular weight excluding hydrogens is 278 g/mol. The van der Waals surface area contributed by atoms with E-state index in [2.05, 4.69) is 5.32 Å². The Morgan fingerprint density at radius 2 is 1.90 bits per heavy atom. The van der Waals surface area contributed by atoms with E-state index in [-0.39, 0.29) is 28.2 Å². The van der Waals surface area contributed by atoms with Gasteiger partial charge in [0.15, 0.2) is 0 Å². The van der Waals surface area contributed by atoms with Crippen molar-refractivity contribution < 1.29 is 13.6 Å². The summed E-state index contributed by atoms with van der Waals surface area (Å²) in [6.07, 6.45) is 0. The predicted molar refractivity (Wildman–Crippen MR) is 73.7 cm³/mol. The Hall–Kier alpha value is -3.14. The molecule has 0 bridgehead atoms. The average Bonchev–Trinajstić information content (AvgIpc) is 2.41. The normalized spacial score (nSPS) is 9.95. The molecule has 5 N–H and O–H groups in total. The van der Waals surface area contributed by atoms with Crippen LogP contribution >= 0.6 is 0 Å². The molecule has 0 aliphatic rings. The average molecular weight is 288 g/mol. The number of nitrogens with zero attached hydrogens (tertiary/aromatic N) is 1. The minimum atomic E-state index is -0.824. The second-order valence-corrected chi connectivity index (χ2v) is 4.18. The van der Waals surface area contributed by atoms with Crippen LogP contribution in [0.3, 0.4) is 0 Å². The van der Waals surface area contributed by atoms with Crippen molar-refractivity contribution in [1.29, 1.82) is 5.26 Å². The van der Waals surface area contributed by atoms with Gasteiger partial charge >= 0.3 is 0 Å². The standard InChI is InChI=1S/C14H10F2N4O/c15-9-2-1-3-12(8(9)6-17)20-13-4-7(14(19)21)11(18)5-10(13)16/h1-5,20H,18H2,(H2,19,21). The minimum absolute atomic E-state index is 0.0663. The summed E-state index contributed by atoms with van der Waals surface area (Å²) in [5.41, 5.74) is 10.1. The number of carbonyl (C=O) groups is 1. The Kier molecular flexibility index (Phi) is 3.71. The number of rotatable bonds is 3. The maximum Gasteiger partial charge on any atom is 0.250 e. The van der Waals surface area contributed by atoms with Crippen molar-refractivity contribution >= 4 is 23.0 Å². The molecule has 0 atom stereocenters. The fraction of sp³-hybridized carbons (Fsp3) is 0. The van der Waals surface area contributed by atoms with Crippen LogP contribution in [0, 0.1) is 23.0 Å². The fourth-order valence-electron chi connectivity index (χ4n) is 1.78. The number of carbonyl (C=O) groups excluding carboxylic acids is 1. The Morgan fingerprint density at radius 3 is 2.52 bits per heavy atom. The van der Waals surface area contributed by atoms with E-state index in [4.69, 9.17) is 16.7 Å². The molecule has 0 spiro atoms. The van der Waals surface area contributed by atoms with E-state index in [0.717, 1.165) is 18.2 Å². The molecule has 7 heteroatoms. The Balaban J connectivity index is 2.50. The van der Waals surface area contributed by atoms with Crippen molar-refractivity contribution in [2.45, 2.75) is 0 Å². The van der Waals surface area contributed by atoms with Gasteiger partial charge in [0.1, 0.15) is 23.3 Å². The first-order chi connectivity index (χ1) is 9.93. The van der Waals surface area contributed by atoms with Gasteiger partial charge in [-0.2, -0.15) is 5.26 Å². The van der Waals surface area contributed by atoms with Gasteiger partial charge in [0.2, 0.25) is 0 Å². The summed E-state index contributed by atoms with van der Waals surface area (Å²) in [5.74, 6) is -2.32. The molecule has 5 nitrogen and oxygen atoms in total. The molecule has 21 heavy (non-hydrogen) atoms. The van der Waals surface area contributed by atoms with Crippen molar-refractivity contribution in [3.63, 3.8) is 0 Å². The molecular formula is C14H10F2N4O. The molecule has 0 aliphatic carbocycles. The van der Waals surface area contributed by atoms with Crippen LogP contribution in [0.2, 0.25) is 0 Å². The number of nitrogens with two attached hydrogens (primary N) is 2. The largest absolute Gasteiger partial charge is 0.398 e. The SMILES string of the molecule is N#Cc1c(F)cccc1Nc1cc(C(N)=O)c(N)cc1F. The van der Waals surface area contributed by atoms with Gasteiger partial charge in [-0.25, -0.2) is 8.78 Å². The van der Waals surface area contributed by atoms with Crippen LogP contribution in [-0.2, 0) is 0 Å². The zero-order valence-electron chi connectivity index (χ0n) is 10.7. The summed E-state index contributed by atoms with van der Waals surface area (Å²) in [4.78, 5) is 11.2. The molecule has 2 aromatic rings. The monoisotopic (exact) mass is 288 g/mol. The second-order valence-electron chi connectivity index (χ2n) is 4.18. The van der Waals surface area contributed by atoms with Gasteiger partial charge in [-0.3, -0.25) is 4.79 Å². The van der Waals surface area contributed by atoms with E-state index in [9.17, 15) is 13.6 Å². The minimum Gasteiger partial charge on any atom is -0.398 e. The van der Waals surface area contributed by atoms with Gasteiger partial charge in [0.25, 0.3) is 5.91 Å². The highest BCUT2D eigenvalue weighted by Crippen LogP contribution is 2.27. The van der Waals surface area contributed by atoms with Gasteiger partial charge < -0.3 is 16.8 Å². The number of hydrogen-bond donors (Lipinski definition) is 3. The van der Waals surface area contributed by atoms with Crippen LogP contribution in [0.25, 0.3) is 0 Å². The molecule has 0 heterocycles. The van der Waals surface area contributed by atoms with Crippen LogP contribution in [0.15, 0.2) is 30.3 Å². The molecule has 1 amide bonds. The Morgan fingerprint density at radius 1 is 1.19 bits per heavy atom. The number of halogens is 2. The molecule has 2 aromatic carbocycles. The second kappa shape index (κ2) is 5.46. The number of hydrogen-bond acceptors (Lipinski definition) is 4. The van der Waals surface area contributed by atoms with Crippen molar-refractivity contribution in [2.24, 2.45) is 5.73 Å². The van der Waals surface area contributed by atoms with E-state index < -0.39 is 17.5 Å². The van der Waals surface area contributed by atoms with Crippen LogP contribution in [0.4, 0.5) is 25.8 Å². The van der Waals surface area contributed by atoms with Gasteiger partial charge in [-0.05, 0) is 24.3 Å². The molecule has 2 rings (SSSR count). The van der Waals surface area contributed by atoms with Crippen LogP contribution in [0.1, 0.15) is 15.9 Å². The predicted octanol–water partition coefficient (Wildman–Crippen LogP) is 2.26. The first-order valence-electron chi connectivity index (χ1n) is 5.78. The lowest BCUT2D eigenvalue weighted by Crippen LogP contribution is -2.14. The molecule has 0 saturated carbocycles. The zero-order valence-corrected chi connectivity index (χ0v) is 10.7. The molecule has 0 aliphatic heterocycles. The molecule has 0 fully saturated rings. The summed E-state index contributed by atoms with van der Waals surface area (Å²) in [6, 6.07) is 7.59. The van der Waals surface area contributed by atoms with E-state index >= 15 is 0 Å². The van der Waals surface area contributed by atoms with Crippen molar-refractivity contribution in [3.8, 4) is 6.07 Å². The third-order valence-corrected chi connectivity index (χ3v) is 2.80. The summed E-state index contributed by atoms with van der Waals surface area (Å²) in [6.45, 7) is 0.